The van der Waals surface area contributed by atoms with E-state index < -0.39 is 23.0 Å². The summed E-state index contributed by atoms with van der Waals surface area (Å²) in [5.74, 6) is -0.901. The van der Waals surface area contributed by atoms with Gasteiger partial charge in [-0.15, -0.1) is 11.8 Å². The Bertz CT molecular complexity index is 988. The minimum atomic E-state index is -4.41. The van der Waals surface area contributed by atoms with Crippen LogP contribution < -0.4 is 0 Å². The molecule has 0 saturated carbocycles. The van der Waals surface area contributed by atoms with Gasteiger partial charge in [0.25, 0.3) is 0 Å². The summed E-state index contributed by atoms with van der Waals surface area (Å²) in [6, 6.07) is 12.1. The Labute approximate surface area is 158 Å². The lowest BCUT2D eigenvalue weighted by atomic mass is 10.0. The van der Waals surface area contributed by atoms with Crippen LogP contribution in [-0.4, -0.2) is 21.3 Å². The maximum atomic E-state index is 13.0. The van der Waals surface area contributed by atoms with E-state index >= 15 is 0 Å². The zero-order valence-corrected chi connectivity index (χ0v) is 15.1. The lowest BCUT2D eigenvalue weighted by Gasteiger charge is -2.13. The molecule has 1 N–H and O–H groups in total. The molecule has 3 rings (SSSR count). The van der Waals surface area contributed by atoms with Gasteiger partial charge in [-0.05, 0) is 47.9 Å². The molecule has 0 fully saturated rings. The molecule has 3 nitrogen and oxygen atoms in total. The number of carbonyl (C=O) groups is 1. The normalized spacial score (nSPS) is 12.9. The highest BCUT2D eigenvalue weighted by molar-refractivity contribution is 8.00. The number of aromatic nitrogens is 1. The molecule has 1 heterocycles. The number of aliphatic carboxylic acids is 1. The lowest BCUT2D eigenvalue weighted by Crippen LogP contribution is -2.14. The summed E-state index contributed by atoms with van der Waals surface area (Å²) in [4.78, 5) is 16.4. The predicted molar refractivity (Wildman–Crippen MR) is 99.8 cm³/mol. The van der Waals surface area contributed by atoms with Crippen molar-refractivity contribution >= 4 is 28.6 Å². The molecule has 2 aromatic carbocycles. The van der Waals surface area contributed by atoms with Crippen LogP contribution in [0.25, 0.3) is 22.0 Å². The van der Waals surface area contributed by atoms with Gasteiger partial charge in [-0.3, -0.25) is 9.78 Å². The first-order valence-electron chi connectivity index (χ1n) is 8.25. The quantitative estimate of drug-likeness (QED) is 0.552. The van der Waals surface area contributed by atoms with Crippen LogP contribution >= 0.6 is 11.8 Å². The molecular formula is C20H16F3NO2S. The molecule has 1 aromatic heterocycles. The van der Waals surface area contributed by atoms with Gasteiger partial charge in [0, 0.05) is 16.5 Å². The van der Waals surface area contributed by atoms with Gasteiger partial charge < -0.3 is 5.11 Å². The zero-order chi connectivity index (χ0) is 19.6. The second kappa shape index (κ2) is 7.60. The molecule has 0 amide bonds. The van der Waals surface area contributed by atoms with Gasteiger partial charge in [0.15, 0.2) is 0 Å². The summed E-state index contributed by atoms with van der Waals surface area (Å²) in [6.45, 7) is 1.79. The highest BCUT2D eigenvalue weighted by Crippen LogP contribution is 2.35. The zero-order valence-electron chi connectivity index (χ0n) is 14.3. The number of hydrogen-bond acceptors (Lipinski definition) is 3. The Kier molecular flexibility index (Phi) is 5.41. The number of pyridine rings is 1. The third-order valence-corrected chi connectivity index (χ3v) is 5.57. The SMILES string of the molecule is CCC(Sc1ccnc2ccc(-c3cccc(C(F)(F)F)c3)cc12)C(=O)O. The standard InChI is InChI=1S/C20H16F3NO2S/c1-2-17(19(25)26)27-18-8-9-24-16-7-6-13(11-15(16)18)12-4-3-5-14(10-12)20(21,22)23/h3-11,17H,2H2,1H3,(H,25,26). The van der Waals surface area contributed by atoms with Crippen LogP contribution in [-0.2, 0) is 11.0 Å². The molecule has 0 aliphatic rings. The van der Waals surface area contributed by atoms with E-state index in [2.05, 4.69) is 4.98 Å². The van der Waals surface area contributed by atoms with Gasteiger partial charge in [0.1, 0.15) is 5.25 Å². The number of carboxylic acid groups (broad SMARTS) is 1. The monoisotopic (exact) mass is 391 g/mol. The van der Waals surface area contributed by atoms with Crippen molar-refractivity contribution in [3.05, 3.63) is 60.3 Å². The van der Waals surface area contributed by atoms with Crippen LogP contribution in [0.4, 0.5) is 13.2 Å². The van der Waals surface area contributed by atoms with Crippen LogP contribution in [0.5, 0.6) is 0 Å². The molecule has 0 aliphatic heterocycles. The number of carboxylic acids is 1. The number of thioether (sulfide) groups is 1. The Morgan fingerprint density at radius 3 is 2.56 bits per heavy atom. The van der Waals surface area contributed by atoms with E-state index in [1.807, 2.05) is 0 Å². The first kappa shape index (κ1) is 19.2. The molecule has 0 radical (unpaired) electrons. The van der Waals surface area contributed by atoms with Crippen LogP contribution in [0.15, 0.2) is 59.6 Å². The number of nitrogens with zero attached hydrogens (tertiary/aromatic N) is 1. The number of hydrogen-bond donors (Lipinski definition) is 1. The highest BCUT2D eigenvalue weighted by Gasteiger charge is 2.30. The average Bonchev–Trinajstić information content (AvgIpc) is 2.65. The number of benzene rings is 2. The van der Waals surface area contributed by atoms with Crippen molar-refractivity contribution in [1.82, 2.24) is 4.98 Å². The van der Waals surface area contributed by atoms with Crippen molar-refractivity contribution in [3.63, 3.8) is 0 Å². The van der Waals surface area contributed by atoms with Crippen molar-refractivity contribution in [2.75, 3.05) is 0 Å². The average molecular weight is 391 g/mol. The van der Waals surface area contributed by atoms with Gasteiger partial charge in [0.2, 0.25) is 0 Å². The fraction of sp³-hybridized carbons (Fsp3) is 0.200. The Morgan fingerprint density at radius 2 is 1.89 bits per heavy atom. The Balaban J connectivity index is 2.07. The molecule has 0 spiro atoms. The maximum Gasteiger partial charge on any atom is 0.416 e. The van der Waals surface area contributed by atoms with Crippen molar-refractivity contribution in [2.24, 2.45) is 0 Å². The van der Waals surface area contributed by atoms with Gasteiger partial charge in [-0.2, -0.15) is 13.2 Å². The van der Waals surface area contributed by atoms with Crippen molar-refractivity contribution in [3.8, 4) is 11.1 Å². The summed E-state index contributed by atoms with van der Waals surface area (Å²) in [5, 5.41) is 9.42. The predicted octanol–water partition coefficient (Wildman–Crippen LogP) is 5.88. The first-order chi connectivity index (χ1) is 12.8. The van der Waals surface area contributed by atoms with E-state index in [-0.39, 0.29) is 0 Å². The second-order valence-electron chi connectivity index (χ2n) is 5.97. The fourth-order valence-corrected chi connectivity index (χ4v) is 3.74. The third-order valence-electron chi connectivity index (χ3n) is 4.14. The number of alkyl halides is 3. The van der Waals surface area contributed by atoms with Crippen molar-refractivity contribution < 1.29 is 23.1 Å². The van der Waals surface area contributed by atoms with E-state index in [1.54, 1.807) is 43.5 Å². The molecule has 27 heavy (non-hydrogen) atoms. The molecule has 140 valence electrons. The Morgan fingerprint density at radius 1 is 1.15 bits per heavy atom. The topological polar surface area (TPSA) is 50.2 Å². The summed E-state index contributed by atoms with van der Waals surface area (Å²) in [5.41, 5.74) is 1.01. The smallest absolute Gasteiger partial charge is 0.416 e. The van der Waals surface area contributed by atoms with Crippen molar-refractivity contribution in [1.29, 1.82) is 0 Å². The van der Waals surface area contributed by atoms with Crippen LogP contribution in [0.2, 0.25) is 0 Å². The summed E-state index contributed by atoms with van der Waals surface area (Å²) >= 11 is 1.22. The first-order valence-corrected chi connectivity index (χ1v) is 9.13. The third kappa shape index (κ3) is 4.24. The largest absolute Gasteiger partial charge is 0.480 e. The van der Waals surface area contributed by atoms with E-state index in [0.717, 1.165) is 22.4 Å². The molecule has 0 saturated heterocycles. The molecule has 1 atom stereocenters. The molecule has 0 bridgehead atoms. The molecule has 7 heteroatoms. The highest BCUT2D eigenvalue weighted by atomic mass is 32.2. The summed E-state index contributed by atoms with van der Waals surface area (Å²) < 4.78 is 39.0. The van der Waals surface area contributed by atoms with E-state index in [4.69, 9.17) is 0 Å². The van der Waals surface area contributed by atoms with Gasteiger partial charge in [-0.25, -0.2) is 0 Å². The van der Waals surface area contributed by atoms with E-state index in [9.17, 15) is 23.1 Å². The molecule has 3 aromatic rings. The minimum absolute atomic E-state index is 0.441. The van der Waals surface area contributed by atoms with Gasteiger partial charge in [0.05, 0.1) is 11.1 Å². The van der Waals surface area contributed by atoms with Crippen LogP contribution in [0.1, 0.15) is 18.9 Å². The van der Waals surface area contributed by atoms with E-state index in [0.29, 0.717) is 23.1 Å². The van der Waals surface area contributed by atoms with Crippen LogP contribution in [0, 0.1) is 0 Å². The lowest BCUT2D eigenvalue weighted by molar-refractivity contribution is -0.138. The molecule has 0 aliphatic carbocycles. The molecule has 1 unspecified atom stereocenters. The Hall–Kier alpha value is -2.54. The fourth-order valence-electron chi connectivity index (χ4n) is 2.74. The number of fused-ring (bicyclic) bond motifs is 1. The summed E-state index contributed by atoms with van der Waals surface area (Å²) in [6.07, 6.45) is -2.36. The molecular weight excluding hydrogens is 375 g/mol. The number of halogens is 3. The minimum Gasteiger partial charge on any atom is -0.480 e. The van der Waals surface area contributed by atoms with Crippen molar-refractivity contribution in [2.45, 2.75) is 29.7 Å². The summed E-state index contributed by atoms with van der Waals surface area (Å²) in [7, 11) is 0. The number of rotatable bonds is 5. The second-order valence-corrected chi connectivity index (χ2v) is 7.22. The van der Waals surface area contributed by atoms with Crippen LogP contribution in [0.3, 0.4) is 0 Å². The van der Waals surface area contributed by atoms with Gasteiger partial charge >= 0.3 is 12.1 Å². The van der Waals surface area contributed by atoms with E-state index in [1.165, 1.54) is 17.8 Å². The maximum absolute atomic E-state index is 13.0. The van der Waals surface area contributed by atoms with Gasteiger partial charge in [-0.1, -0.05) is 25.1 Å².